The largest absolute Gasteiger partial charge is 0.455 e. The van der Waals surface area contributed by atoms with Gasteiger partial charge in [-0.3, -0.25) is 0 Å². The predicted octanol–water partition coefficient (Wildman–Crippen LogP) is 8.86. The lowest BCUT2D eigenvalue weighted by molar-refractivity contribution is 0.635. The van der Waals surface area contributed by atoms with Crippen LogP contribution in [0.15, 0.2) is 132 Å². The van der Waals surface area contributed by atoms with Crippen LogP contribution < -0.4 is 0 Å². The number of hydrogen-bond acceptors (Lipinski definition) is 1. The summed E-state index contributed by atoms with van der Waals surface area (Å²) in [6.45, 7) is 0. The molecule has 7 aromatic rings. The smallest absolute Gasteiger partial charge is 0.144 e. The Labute approximate surface area is 197 Å². The SMILES string of the molecule is c1ccc(-c2cccc(-n3c4ccccc4c4c5oc(-c6ccccc6)cc5ccc43)c2)cc1. The molecule has 0 spiro atoms. The summed E-state index contributed by atoms with van der Waals surface area (Å²) < 4.78 is 8.85. The van der Waals surface area contributed by atoms with Crippen molar-refractivity contribution in [2.45, 2.75) is 0 Å². The zero-order valence-corrected chi connectivity index (χ0v) is 18.5. The summed E-state index contributed by atoms with van der Waals surface area (Å²) in [5, 5.41) is 3.47. The summed E-state index contributed by atoms with van der Waals surface area (Å²) >= 11 is 0. The van der Waals surface area contributed by atoms with Crippen molar-refractivity contribution in [2.24, 2.45) is 0 Å². The minimum atomic E-state index is 0.894. The van der Waals surface area contributed by atoms with Gasteiger partial charge in [0.15, 0.2) is 0 Å². The number of nitrogens with zero attached hydrogens (tertiary/aromatic N) is 1. The quantitative estimate of drug-likeness (QED) is 0.271. The molecule has 0 saturated carbocycles. The normalized spacial score (nSPS) is 11.5. The summed E-state index contributed by atoms with van der Waals surface area (Å²) in [7, 11) is 0. The Morgan fingerprint density at radius 2 is 1.21 bits per heavy atom. The van der Waals surface area contributed by atoms with Crippen molar-refractivity contribution in [1.82, 2.24) is 4.57 Å². The zero-order valence-electron chi connectivity index (χ0n) is 18.5. The fourth-order valence-corrected chi connectivity index (χ4v) is 5.03. The number of hydrogen-bond donors (Lipinski definition) is 0. The Morgan fingerprint density at radius 1 is 0.500 bits per heavy atom. The average molecular weight is 436 g/mol. The van der Waals surface area contributed by atoms with Crippen LogP contribution in [0.5, 0.6) is 0 Å². The lowest BCUT2D eigenvalue weighted by Gasteiger charge is -2.10. The molecule has 0 bridgehead atoms. The molecule has 0 N–H and O–H groups in total. The molecule has 2 aromatic heterocycles. The van der Waals surface area contributed by atoms with Gasteiger partial charge in [0.2, 0.25) is 0 Å². The van der Waals surface area contributed by atoms with Gasteiger partial charge < -0.3 is 8.98 Å². The minimum Gasteiger partial charge on any atom is -0.455 e. The van der Waals surface area contributed by atoms with Crippen molar-refractivity contribution >= 4 is 32.8 Å². The van der Waals surface area contributed by atoms with Gasteiger partial charge in [-0.15, -0.1) is 0 Å². The Balaban J connectivity index is 1.52. The van der Waals surface area contributed by atoms with Gasteiger partial charge >= 0.3 is 0 Å². The van der Waals surface area contributed by atoms with E-state index in [1.165, 1.54) is 22.0 Å². The second-order valence-electron chi connectivity index (χ2n) is 8.62. The maximum Gasteiger partial charge on any atom is 0.144 e. The van der Waals surface area contributed by atoms with E-state index >= 15 is 0 Å². The van der Waals surface area contributed by atoms with Gasteiger partial charge in [0.05, 0.1) is 16.4 Å². The molecule has 0 amide bonds. The molecule has 0 radical (unpaired) electrons. The van der Waals surface area contributed by atoms with E-state index in [-0.39, 0.29) is 0 Å². The highest BCUT2D eigenvalue weighted by atomic mass is 16.3. The van der Waals surface area contributed by atoms with Gasteiger partial charge in [-0.1, -0.05) is 91.0 Å². The lowest BCUT2D eigenvalue weighted by atomic mass is 10.1. The average Bonchev–Trinajstić information content (AvgIpc) is 3.49. The van der Waals surface area contributed by atoms with E-state index in [2.05, 4.69) is 114 Å². The van der Waals surface area contributed by atoms with Crippen LogP contribution in [-0.4, -0.2) is 4.57 Å². The van der Waals surface area contributed by atoms with Crippen LogP contribution >= 0.6 is 0 Å². The maximum atomic E-state index is 6.50. The summed E-state index contributed by atoms with van der Waals surface area (Å²) in [4.78, 5) is 0. The van der Waals surface area contributed by atoms with Crippen LogP contribution in [-0.2, 0) is 0 Å². The van der Waals surface area contributed by atoms with Crippen molar-refractivity contribution in [3.63, 3.8) is 0 Å². The Kier molecular flexibility index (Phi) is 4.18. The fraction of sp³-hybridized carbons (Fsp3) is 0. The molecule has 0 aliphatic rings. The Bertz CT molecular complexity index is 1790. The molecule has 2 heterocycles. The monoisotopic (exact) mass is 435 g/mol. The van der Waals surface area contributed by atoms with Crippen LogP contribution in [0.4, 0.5) is 0 Å². The molecule has 34 heavy (non-hydrogen) atoms. The zero-order chi connectivity index (χ0) is 22.5. The van der Waals surface area contributed by atoms with E-state index in [9.17, 15) is 0 Å². The van der Waals surface area contributed by atoms with Gasteiger partial charge in [0, 0.05) is 22.0 Å². The molecule has 160 valence electrons. The highest BCUT2D eigenvalue weighted by Gasteiger charge is 2.18. The summed E-state index contributed by atoms with van der Waals surface area (Å²) in [5.41, 5.74) is 7.90. The first-order valence-corrected chi connectivity index (χ1v) is 11.5. The minimum absolute atomic E-state index is 0.894. The topological polar surface area (TPSA) is 18.1 Å². The van der Waals surface area contributed by atoms with E-state index in [0.717, 1.165) is 38.9 Å². The van der Waals surface area contributed by atoms with E-state index < -0.39 is 0 Å². The van der Waals surface area contributed by atoms with Crippen LogP contribution in [0.3, 0.4) is 0 Å². The van der Waals surface area contributed by atoms with Crippen molar-refractivity contribution < 1.29 is 4.42 Å². The van der Waals surface area contributed by atoms with E-state index in [1.54, 1.807) is 0 Å². The van der Waals surface area contributed by atoms with Crippen LogP contribution in [0.25, 0.3) is 60.9 Å². The third-order valence-corrected chi connectivity index (χ3v) is 6.59. The molecule has 0 atom stereocenters. The first kappa shape index (κ1) is 19.0. The predicted molar refractivity (Wildman–Crippen MR) is 141 cm³/mol. The second-order valence-corrected chi connectivity index (χ2v) is 8.62. The van der Waals surface area contributed by atoms with Gasteiger partial charge in [0.1, 0.15) is 11.3 Å². The summed E-state index contributed by atoms with van der Waals surface area (Å²) in [5.74, 6) is 0.894. The summed E-state index contributed by atoms with van der Waals surface area (Å²) in [6.07, 6.45) is 0. The third-order valence-electron chi connectivity index (χ3n) is 6.59. The number of para-hydroxylation sites is 1. The fourth-order valence-electron chi connectivity index (χ4n) is 5.03. The van der Waals surface area contributed by atoms with E-state index in [0.29, 0.717) is 0 Å². The Hall–Kier alpha value is -4.56. The molecular formula is C32H21NO. The molecule has 5 aromatic carbocycles. The molecule has 0 fully saturated rings. The first-order chi connectivity index (χ1) is 16.9. The van der Waals surface area contributed by atoms with E-state index in [4.69, 9.17) is 4.42 Å². The molecule has 0 unspecified atom stereocenters. The van der Waals surface area contributed by atoms with Crippen molar-refractivity contribution in [3.8, 4) is 28.1 Å². The van der Waals surface area contributed by atoms with Crippen LogP contribution in [0, 0.1) is 0 Å². The number of aromatic nitrogens is 1. The number of benzene rings is 5. The molecule has 7 rings (SSSR count). The van der Waals surface area contributed by atoms with Gasteiger partial charge in [0.25, 0.3) is 0 Å². The van der Waals surface area contributed by atoms with Crippen LogP contribution in [0.1, 0.15) is 0 Å². The highest BCUT2D eigenvalue weighted by molar-refractivity contribution is 6.20. The number of rotatable bonds is 3. The van der Waals surface area contributed by atoms with Crippen molar-refractivity contribution in [1.29, 1.82) is 0 Å². The van der Waals surface area contributed by atoms with E-state index in [1.807, 2.05) is 18.2 Å². The van der Waals surface area contributed by atoms with Gasteiger partial charge in [-0.05, 0) is 47.5 Å². The third kappa shape index (κ3) is 2.89. The summed E-state index contributed by atoms with van der Waals surface area (Å²) in [6, 6.07) is 44.7. The molecule has 2 heteroatoms. The lowest BCUT2D eigenvalue weighted by Crippen LogP contribution is -1.94. The number of fused-ring (bicyclic) bond motifs is 5. The number of furan rings is 1. The molecule has 2 nitrogen and oxygen atoms in total. The maximum absolute atomic E-state index is 6.50. The molecule has 0 aliphatic heterocycles. The van der Waals surface area contributed by atoms with Gasteiger partial charge in [-0.2, -0.15) is 0 Å². The first-order valence-electron chi connectivity index (χ1n) is 11.5. The van der Waals surface area contributed by atoms with Gasteiger partial charge in [-0.25, -0.2) is 0 Å². The van der Waals surface area contributed by atoms with Crippen molar-refractivity contribution in [3.05, 3.63) is 127 Å². The van der Waals surface area contributed by atoms with Crippen LogP contribution in [0.2, 0.25) is 0 Å². The standard InChI is InChI=1S/C32H21NO/c1-3-10-22(11-4-1)24-14-9-15-26(20-24)33-28-17-8-7-16-27(28)31-29(33)19-18-25-21-30(34-32(25)31)23-12-5-2-6-13-23/h1-21H. The molecular weight excluding hydrogens is 414 g/mol. The molecule has 0 saturated heterocycles. The molecule has 0 aliphatic carbocycles. The Morgan fingerprint density at radius 3 is 2.03 bits per heavy atom. The van der Waals surface area contributed by atoms with Crippen molar-refractivity contribution in [2.75, 3.05) is 0 Å². The highest BCUT2D eigenvalue weighted by Crippen LogP contribution is 2.40. The second kappa shape index (κ2) is 7.50.